The molecule has 0 spiro atoms. The Morgan fingerprint density at radius 3 is 0.771 bits per heavy atom. The Balaban J connectivity index is -0.00000000229. The average molecular weight is 821 g/mol. The summed E-state index contributed by atoms with van der Waals surface area (Å²) in [5, 5.41) is 8.51. The van der Waals surface area contributed by atoms with Crippen molar-refractivity contribution in [3.63, 3.8) is 0 Å². The van der Waals surface area contributed by atoms with Crippen molar-refractivity contribution in [2.24, 2.45) is 0 Å². The Morgan fingerprint density at radius 2 is 0.657 bits per heavy atom. The van der Waals surface area contributed by atoms with Crippen molar-refractivity contribution in [1.82, 2.24) is 0 Å². The smallest absolute Gasteiger partial charge is 0.335 e. The first-order valence-electron chi connectivity index (χ1n) is 3.11. The fourth-order valence-electron chi connectivity index (χ4n) is 0.734. The monoisotopic (exact) mass is 814 g/mol. The van der Waals surface area contributed by atoms with Gasteiger partial charge in [0, 0.05) is 97.4 Å². The van der Waals surface area contributed by atoms with E-state index in [4.69, 9.17) is 9.84 Å². The van der Waals surface area contributed by atoms with Crippen molar-refractivity contribution >= 4 is 5.97 Å². The van der Waals surface area contributed by atoms with Crippen molar-refractivity contribution < 1.29 is 216 Å². The van der Waals surface area contributed by atoms with Crippen molar-refractivity contribution in [3.8, 4) is 5.75 Å². The normalized spacial score (nSPS) is 2.89. The van der Waals surface area contributed by atoms with Crippen LogP contribution in [-0.4, -0.2) is 122 Å². The van der Waals surface area contributed by atoms with Gasteiger partial charge in [-0.05, 0) is 24.3 Å². The molecule has 0 fully saturated rings. The number of rotatable bonds is 2. The van der Waals surface area contributed by atoms with E-state index in [9.17, 15) is 4.79 Å². The molecule has 0 radical (unpaired) electrons. The van der Waals surface area contributed by atoms with Gasteiger partial charge in [0.25, 0.3) is 0 Å². The van der Waals surface area contributed by atoms with Crippen LogP contribution in [0.25, 0.3) is 0 Å². The molecule has 0 bridgehead atoms. The molecule has 1 aromatic rings. The molecule has 0 heterocycles. The maximum absolute atomic E-state index is 10.4. The number of benzene rings is 1. The topological polar surface area (TPSA) is 645 Å². The van der Waals surface area contributed by atoms with E-state index >= 15 is 0 Å². The van der Waals surface area contributed by atoms with Crippen LogP contribution in [0.1, 0.15) is 10.4 Å². The van der Waals surface area contributed by atoms with Gasteiger partial charge < -0.3 is 114 Å². The van der Waals surface area contributed by atoms with Gasteiger partial charge >= 0.3 is 5.97 Å². The Bertz CT molecular complexity index is 287. The predicted octanol–water partition coefficient (Wildman–Crippen LogP) is -14.3. The molecule has 0 aliphatic carbocycles. The summed E-state index contributed by atoms with van der Waals surface area (Å²) in [5.41, 5.74) is 0.269. The molecule has 27 heteroatoms. The second-order valence-electron chi connectivity index (χ2n) is 2.03. The third-order valence-electron chi connectivity index (χ3n) is 1.34. The van der Waals surface area contributed by atoms with Gasteiger partial charge in [-0.15, -0.1) is 0 Å². The van der Waals surface area contributed by atoms with Gasteiger partial charge in [-0.25, -0.2) is 4.79 Å². The number of aromatic carboxylic acids is 1. The largest absolute Gasteiger partial charge is 0.497 e. The summed E-state index contributed by atoms with van der Waals surface area (Å²) in [7, 11) is 1.54. The van der Waals surface area contributed by atoms with Gasteiger partial charge in [-0.2, -0.15) is 0 Å². The molecule has 0 aromatic heterocycles. The SMILES string of the molecule is COc1ccc(C(=O)O)cc1.O.O.O.O.O.O.O.O.O.O.O.O.O.O.O.O.O.O.O.[Zn].[Zn].[Zn].[Zn].[Zn]. The Kier molecular flexibility index (Phi) is 1600. The van der Waals surface area contributed by atoms with Crippen LogP contribution in [0.5, 0.6) is 5.75 Å². The van der Waals surface area contributed by atoms with Gasteiger partial charge in [0.15, 0.2) is 0 Å². The van der Waals surface area contributed by atoms with Crippen LogP contribution in [0.4, 0.5) is 0 Å². The average Bonchev–Trinajstić information content (AvgIpc) is 2.05. The van der Waals surface area contributed by atoms with E-state index < -0.39 is 5.97 Å². The van der Waals surface area contributed by atoms with E-state index in [1.54, 1.807) is 12.1 Å². The van der Waals surface area contributed by atoms with Crippen LogP contribution in [0, 0.1) is 0 Å². The molecule has 0 aliphatic heterocycles. The molecule has 1 rings (SSSR count). The fourth-order valence-corrected chi connectivity index (χ4v) is 0.734. The minimum Gasteiger partial charge on any atom is -0.497 e. The first kappa shape index (κ1) is 310. The third-order valence-corrected chi connectivity index (χ3v) is 1.34. The summed E-state index contributed by atoms with van der Waals surface area (Å²) >= 11 is 0. The third kappa shape index (κ3) is 132. The van der Waals surface area contributed by atoms with Crippen molar-refractivity contribution in [2.75, 3.05) is 7.11 Å². The number of methoxy groups -OCH3 is 1. The molecule has 0 saturated carbocycles. The standard InChI is InChI=1S/C8H8O3.19H2O.5Zn/c1-11-7-4-2-6(3-5-7)8(9)10;;;;;;;;;;;;;;;;;;;;;;;;/h2-5H,1H3,(H,9,10);19*1H2;;;;;. The van der Waals surface area contributed by atoms with E-state index in [0.717, 1.165) is 0 Å². The Morgan fingerprint density at radius 1 is 0.486 bits per heavy atom. The summed E-state index contributed by atoms with van der Waals surface area (Å²) < 4.78 is 4.86. The second kappa shape index (κ2) is 181. The van der Waals surface area contributed by atoms with Crippen LogP contribution < -0.4 is 4.74 Å². The second-order valence-corrected chi connectivity index (χ2v) is 2.03. The quantitative estimate of drug-likeness (QED) is 0.284. The zero-order valence-corrected chi connectivity index (χ0v) is 33.9. The van der Waals surface area contributed by atoms with Gasteiger partial charge in [-0.1, -0.05) is 0 Å². The zero-order chi connectivity index (χ0) is 8.27. The van der Waals surface area contributed by atoms with Crippen LogP contribution in [0.3, 0.4) is 0 Å². The number of carbonyl (C=O) groups is 1. The van der Waals surface area contributed by atoms with Crippen LogP contribution in [0.2, 0.25) is 0 Å². The Hall–Kier alpha value is 0.847. The summed E-state index contributed by atoms with van der Waals surface area (Å²) in [5.74, 6) is -0.261. The van der Waals surface area contributed by atoms with E-state index in [1.165, 1.54) is 19.2 Å². The Labute approximate surface area is 263 Å². The van der Waals surface area contributed by atoms with Crippen molar-refractivity contribution in [2.45, 2.75) is 0 Å². The van der Waals surface area contributed by atoms with Crippen molar-refractivity contribution in [1.29, 1.82) is 0 Å². The van der Waals surface area contributed by atoms with Crippen LogP contribution >= 0.6 is 0 Å². The summed E-state index contributed by atoms with van der Waals surface area (Å²) in [6, 6.07) is 6.23. The minimum atomic E-state index is -0.923. The number of hydrogen-bond donors (Lipinski definition) is 1. The van der Waals surface area contributed by atoms with E-state index in [1.807, 2.05) is 0 Å². The molecule has 22 nitrogen and oxygen atoms in total. The maximum atomic E-state index is 10.4. The summed E-state index contributed by atoms with van der Waals surface area (Å²) in [6.45, 7) is 0. The molecule has 220 valence electrons. The van der Waals surface area contributed by atoms with Gasteiger partial charge in [0.2, 0.25) is 0 Å². The molecule has 39 N–H and O–H groups in total. The van der Waals surface area contributed by atoms with E-state index in [0.29, 0.717) is 5.75 Å². The predicted molar refractivity (Wildman–Crippen MR) is 109 cm³/mol. The minimum absolute atomic E-state index is 0. The summed E-state index contributed by atoms with van der Waals surface area (Å²) in [4.78, 5) is 10.4. The molecule has 0 aliphatic rings. The molecule has 1 aromatic carbocycles. The number of carboxylic acids is 1. The molecule has 0 atom stereocenters. The van der Waals surface area contributed by atoms with Gasteiger partial charge in [0.1, 0.15) is 5.75 Å². The van der Waals surface area contributed by atoms with E-state index in [-0.39, 0.29) is 207 Å². The molecular weight excluding hydrogens is 775 g/mol. The molecule has 35 heavy (non-hydrogen) atoms. The van der Waals surface area contributed by atoms with Crippen LogP contribution in [0.15, 0.2) is 24.3 Å². The van der Waals surface area contributed by atoms with E-state index in [2.05, 4.69) is 0 Å². The number of carboxylic acid groups (broad SMARTS) is 1. The molecule has 0 unspecified atom stereocenters. The molecule has 0 amide bonds. The molecule has 0 saturated heterocycles. The summed E-state index contributed by atoms with van der Waals surface area (Å²) in [6.07, 6.45) is 0. The molecular formula is C8H46O22Zn5. The fraction of sp³-hybridized carbons (Fsp3) is 0.125. The maximum Gasteiger partial charge on any atom is 0.335 e. The van der Waals surface area contributed by atoms with Crippen LogP contribution in [-0.2, 0) is 97.4 Å². The number of hydrogen-bond acceptors (Lipinski definition) is 2. The zero-order valence-electron chi connectivity index (χ0n) is 19.1. The number of ether oxygens (including phenoxy) is 1. The van der Waals surface area contributed by atoms with Crippen molar-refractivity contribution in [3.05, 3.63) is 29.8 Å². The van der Waals surface area contributed by atoms with Gasteiger partial charge in [0.05, 0.1) is 12.7 Å². The van der Waals surface area contributed by atoms with Gasteiger partial charge in [-0.3, -0.25) is 0 Å². The first-order chi connectivity index (χ1) is 5.24. The first-order valence-corrected chi connectivity index (χ1v) is 3.11.